The van der Waals surface area contributed by atoms with Crippen molar-refractivity contribution in [2.75, 3.05) is 0 Å². The molecule has 2 aromatic rings. The van der Waals surface area contributed by atoms with Crippen LogP contribution in [0.3, 0.4) is 0 Å². The molecule has 2 aromatic carbocycles. The summed E-state index contributed by atoms with van der Waals surface area (Å²) in [5, 5.41) is 9.39. The summed E-state index contributed by atoms with van der Waals surface area (Å²) < 4.78 is 0. The first-order chi connectivity index (χ1) is 11.0. The molecule has 0 unspecified atom stereocenters. The second-order valence-electron chi connectivity index (χ2n) is 4.41. The van der Waals surface area contributed by atoms with Crippen LogP contribution in [-0.2, 0) is 0 Å². The number of nitrogens with zero attached hydrogens (tertiary/aromatic N) is 2. The van der Waals surface area contributed by atoms with Gasteiger partial charge in [-0.15, -0.1) is 0 Å². The van der Waals surface area contributed by atoms with Crippen molar-refractivity contribution in [3.05, 3.63) is 54.1 Å². The Morgan fingerprint density at radius 2 is 1.74 bits per heavy atom. The highest BCUT2D eigenvalue weighted by molar-refractivity contribution is 7.99. The molecule has 118 valence electrons. The molecule has 0 amide bonds. The molecule has 8 heteroatoms. The number of hydrogen-bond acceptors (Lipinski definition) is 3. The number of rotatable bonds is 4. The van der Waals surface area contributed by atoms with Crippen molar-refractivity contribution in [1.29, 1.82) is 0 Å². The zero-order valence-corrected chi connectivity index (χ0v) is 12.8. The van der Waals surface area contributed by atoms with Gasteiger partial charge in [0.25, 0.3) is 0 Å². The molecule has 0 aliphatic carbocycles. The highest BCUT2D eigenvalue weighted by atomic mass is 32.2. The van der Waals surface area contributed by atoms with Gasteiger partial charge in [-0.3, -0.25) is 0 Å². The van der Waals surface area contributed by atoms with Crippen LogP contribution in [0.2, 0.25) is 0 Å². The van der Waals surface area contributed by atoms with Gasteiger partial charge in [0.2, 0.25) is 5.96 Å². The predicted octanol–water partition coefficient (Wildman–Crippen LogP) is 1.76. The largest absolute Gasteiger partial charge is 0.478 e. The van der Waals surface area contributed by atoms with Gasteiger partial charge in [0.15, 0.2) is 5.96 Å². The number of aromatic carboxylic acids is 1. The Balaban J connectivity index is 2.35. The van der Waals surface area contributed by atoms with Crippen molar-refractivity contribution < 1.29 is 9.90 Å². The molecular weight excluding hydrogens is 314 g/mol. The van der Waals surface area contributed by atoms with Crippen molar-refractivity contribution in [3.8, 4) is 0 Å². The number of guanidine groups is 2. The lowest BCUT2D eigenvalue weighted by Crippen LogP contribution is -2.26. The number of nitrogens with two attached hydrogens (primary N) is 3. The number of carbonyl (C=O) groups is 1. The van der Waals surface area contributed by atoms with E-state index in [1.807, 2.05) is 30.3 Å². The summed E-state index contributed by atoms with van der Waals surface area (Å²) in [6.07, 6.45) is 0. The smallest absolute Gasteiger partial charge is 0.336 e. The Morgan fingerprint density at radius 1 is 1.04 bits per heavy atom. The molecule has 0 aliphatic heterocycles. The summed E-state index contributed by atoms with van der Waals surface area (Å²) in [5.41, 5.74) is 16.4. The second kappa shape index (κ2) is 7.32. The van der Waals surface area contributed by atoms with Crippen molar-refractivity contribution in [2.24, 2.45) is 27.2 Å². The third-order valence-electron chi connectivity index (χ3n) is 2.65. The Bertz CT molecular complexity index is 771. The molecule has 2 rings (SSSR count). The van der Waals surface area contributed by atoms with Crippen molar-refractivity contribution in [3.63, 3.8) is 0 Å². The van der Waals surface area contributed by atoms with Gasteiger partial charge >= 0.3 is 5.97 Å². The molecule has 0 saturated heterocycles. The summed E-state index contributed by atoms with van der Waals surface area (Å²) in [5.74, 6) is -1.42. The maximum Gasteiger partial charge on any atom is 0.336 e. The fourth-order valence-corrected chi connectivity index (χ4v) is 2.69. The summed E-state index contributed by atoms with van der Waals surface area (Å²) >= 11 is 1.35. The molecule has 0 aromatic heterocycles. The van der Waals surface area contributed by atoms with Crippen LogP contribution in [0.5, 0.6) is 0 Å². The molecule has 0 radical (unpaired) electrons. The zero-order chi connectivity index (χ0) is 16.8. The molecule has 7 N–H and O–H groups in total. The molecular formula is C15H15N5O2S. The minimum atomic E-state index is -1.05. The van der Waals surface area contributed by atoms with Gasteiger partial charge in [-0.1, -0.05) is 30.0 Å². The normalized spacial score (nSPS) is 11.0. The van der Waals surface area contributed by atoms with Crippen molar-refractivity contribution in [2.45, 2.75) is 9.79 Å². The van der Waals surface area contributed by atoms with Crippen molar-refractivity contribution >= 4 is 35.3 Å². The lowest BCUT2D eigenvalue weighted by Gasteiger charge is -2.07. The fraction of sp³-hybridized carbons (Fsp3) is 0. The Labute approximate surface area is 136 Å². The molecule has 0 fully saturated rings. The lowest BCUT2D eigenvalue weighted by atomic mass is 10.2. The van der Waals surface area contributed by atoms with Gasteiger partial charge in [0.1, 0.15) is 0 Å². The summed E-state index contributed by atoms with van der Waals surface area (Å²) in [6.45, 7) is 0. The van der Waals surface area contributed by atoms with Crippen LogP contribution < -0.4 is 17.2 Å². The first-order valence-electron chi connectivity index (χ1n) is 6.50. The van der Waals surface area contributed by atoms with Crippen LogP contribution in [0, 0.1) is 0 Å². The van der Waals surface area contributed by atoms with Gasteiger partial charge in [0.05, 0.1) is 11.3 Å². The van der Waals surface area contributed by atoms with E-state index < -0.39 is 5.97 Å². The van der Waals surface area contributed by atoms with Gasteiger partial charge in [-0.2, -0.15) is 4.99 Å². The Morgan fingerprint density at radius 3 is 2.35 bits per heavy atom. The van der Waals surface area contributed by atoms with Gasteiger partial charge in [0, 0.05) is 9.79 Å². The Hall–Kier alpha value is -3.00. The quantitative estimate of drug-likeness (QED) is 0.497. The molecule has 0 aliphatic rings. The van der Waals surface area contributed by atoms with E-state index in [0.29, 0.717) is 10.6 Å². The van der Waals surface area contributed by atoms with Gasteiger partial charge in [-0.25, -0.2) is 9.79 Å². The summed E-state index contributed by atoms with van der Waals surface area (Å²) in [4.78, 5) is 20.6. The monoisotopic (exact) mass is 329 g/mol. The topological polar surface area (TPSA) is 140 Å². The van der Waals surface area contributed by atoms with Crippen LogP contribution in [0.1, 0.15) is 10.4 Å². The number of carboxylic acids is 1. The number of carboxylic acid groups (broad SMARTS) is 1. The Kier molecular flexibility index (Phi) is 5.21. The lowest BCUT2D eigenvalue weighted by molar-refractivity contribution is 0.0693. The SMILES string of the molecule is NC(N)=NC(N)=Nc1ccc(Sc2ccccc2)c(C(=O)O)c1. The minimum Gasteiger partial charge on any atom is -0.478 e. The fourth-order valence-electron chi connectivity index (χ4n) is 1.75. The standard InChI is InChI=1S/C15H15N5O2S/c16-14(17)20-15(18)19-9-6-7-12(11(8-9)13(21)22)23-10-4-2-1-3-5-10/h1-8H,(H,21,22)(H6,16,17,18,19,20). The highest BCUT2D eigenvalue weighted by Gasteiger charge is 2.12. The maximum absolute atomic E-state index is 11.5. The van der Waals surface area contributed by atoms with Crippen molar-refractivity contribution in [1.82, 2.24) is 0 Å². The van der Waals surface area contributed by atoms with E-state index in [1.165, 1.54) is 17.8 Å². The highest BCUT2D eigenvalue weighted by Crippen LogP contribution is 2.32. The van der Waals surface area contributed by atoms with Crippen LogP contribution in [0.15, 0.2) is 68.3 Å². The number of aliphatic imine (C=N–C) groups is 2. The molecule has 0 atom stereocenters. The summed E-state index contributed by atoms with van der Waals surface area (Å²) in [6, 6.07) is 14.2. The van der Waals surface area contributed by atoms with E-state index in [2.05, 4.69) is 9.98 Å². The van der Waals surface area contributed by atoms with Gasteiger partial charge < -0.3 is 22.3 Å². The third-order valence-corrected chi connectivity index (χ3v) is 3.74. The van der Waals surface area contributed by atoms with Gasteiger partial charge in [-0.05, 0) is 30.3 Å². The van der Waals surface area contributed by atoms with Crippen LogP contribution in [0.25, 0.3) is 0 Å². The van der Waals surface area contributed by atoms with E-state index in [0.717, 1.165) is 4.90 Å². The van der Waals surface area contributed by atoms with E-state index in [-0.39, 0.29) is 17.5 Å². The summed E-state index contributed by atoms with van der Waals surface area (Å²) in [7, 11) is 0. The van der Waals surface area contributed by atoms with E-state index >= 15 is 0 Å². The average molecular weight is 329 g/mol. The van der Waals surface area contributed by atoms with E-state index in [1.54, 1.807) is 12.1 Å². The average Bonchev–Trinajstić information content (AvgIpc) is 2.48. The number of benzene rings is 2. The second-order valence-corrected chi connectivity index (χ2v) is 5.52. The molecule has 23 heavy (non-hydrogen) atoms. The van der Waals surface area contributed by atoms with E-state index in [4.69, 9.17) is 17.2 Å². The third kappa shape index (κ3) is 4.75. The molecule has 7 nitrogen and oxygen atoms in total. The van der Waals surface area contributed by atoms with Crippen LogP contribution in [-0.4, -0.2) is 23.0 Å². The number of hydrogen-bond donors (Lipinski definition) is 4. The zero-order valence-electron chi connectivity index (χ0n) is 12.0. The van der Waals surface area contributed by atoms with Crippen LogP contribution in [0.4, 0.5) is 5.69 Å². The van der Waals surface area contributed by atoms with E-state index in [9.17, 15) is 9.90 Å². The molecule has 0 spiro atoms. The minimum absolute atomic E-state index is 0.123. The van der Waals surface area contributed by atoms with Crippen LogP contribution >= 0.6 is 11.8 Å². The maximum atomic E-state index is 11.5. The molecule has 0 saturated carbocycles. The molecule has 0 heterocycles. The predicted molar refractivity (Wildman–Crippen MR) is 91.1 cm³/mol. The first-order valence-corrected chi connectivity index (χ1v) is 7.31. The molecule has 0 bridgehead atoms. The first kappa shape index (κ1) is 16.4.